The average molecular weight is 437 g/mol. The van der Waals surface area contributed by atoms with E-state index in [1.165, 1.54) is 11.8 Å². The number of nitrogens with one attached hydrogen (secondary N) is 2. The van der Waals surface area contributed by atoms with Gasteiger partial charge < -0.3 is 15.2 Å². The summed E-state index contributed by atoms with van der Waals surface area (Å²) in [6, 6.07) is 11.0. The second kappa shape index (κ2) is 9.74. The number of thioether (sulfide) groups is 1. The fraction of sp³-hybridized carbons (Fsp3) is 0.318. The number of benzene rings is 1. The molecule has 0 spiro atoms. The van der Waals surface area contributed by atoms with Crippen LogP contribution in [-0.2, 0) is 11.8 Å². The molecule has 0 radical (unpaired) electrons. The molecule has 2 amide bonds. The largest absolute Gasteiger partial charge is 0.349 e. The molecule has 1 aromatic carbocycles. The van der Waals surface area contributed by atoms with E-state index in [1.54, 1.807) is 36.7 Å². The highest BCUT2D eigenvalue weighted by Crippen LogP contribution is 2.23. The maximum Gasteiger partial charge on any atom is 0.253 e. The quantitative estimate of drug-likeness (QED) is 0.551. The van der Waals surface area contributed by atoms with Crippen LogP contribution in [0.2, 0.25) is 0 Å². The molecule has 0 bridgehead atoms. The molecule has 2 N–H and O–H groups in total. The molecule has 2 aromatic heterocycles. The summed E-state index contributed by atoms with van der Waals surface area (Å²) < 4.78 is 1.84. The molecule has 0 aliphatic heterocycles. The summed E-state index contributed by atoms with van der Waals surface area (Å²) in [7, 11) is 1.86. The Morgan fingerprint density at radius 2 is 1.84 bits per heavy atom. The van der Waals surface area contributed by atoms with E-state index >= 15 is 0 Å². The van der Waals surface area contributed by atoms with Crippen molar-refractivity contribution >= 4 is 29.3 Å². The minimum atomic E-state index is -0.209. The molecule has 1 aliphatic rings. The molecule has 2 heterocycles. The lowest BCUT2D eigenvalue weighted by Crippen LogP contribution is -2.33. The zero-order valence-corrected chi connectivity index (χ0v) is 18.1. The number of para-hydroxylation sites is 1. The van der Waals surface area contributed by atoms with E-state index in [0.29, 0.717) is 22.2 Å². The summed E-state index contributed by atoms with van der Waals surface area (Å²) in [6.45, 7) is 0. The number of anilines is 1. The molecule has 0 saturated heterocycles. The van der Waals surface area contributed by atoms with Crippen LogP contribution in [0, 0.1) is 0 Å². The number of hydrogen-bond acceptors (Lipinski definition) is 6. The van der Waals surface area contributed by atoms with E-state index in [4.69, 9.17) is 0 Å². The van der Waals surface area contributed by atoms with Gasteiger partial charge in [-0.3, -0.25) is 14.6 Å². The Kier molecular flexibility index (Phi) is 6.61. The fourth-order valence-corrected chi connectivity index (χ4v) is 4.34. The minimum absolute atomic E-state index is 0.147. The number of rotatable bonds is 7. The number of pyridine rings is 1. The van der Waals surface area contributed by atoms with Crippen LogP contribution in [0.5, 0.6) is 0 Å². The second-order valence-electron chi connectivity index (χ2n) is 7.44. The van der Waals surface area contributed by atoms with Crippen LogP contribution < -0.4 is 10.6 Å². The van der Waals surface area contributed by atoms with Crippen LogP contribution in [0.4, 0.5) is 5.69 Å². The molecule has 0 unspecified atom stereocenters. The SMILES string of the molecule is Cn1c(SCC(=O)Nc2ccccc2C(=O)NC2CCCC2)nnc1-c1ccncc1. The Labute approximate surface area is 184 Å². The first-order valence-electron chi connectivity index (χ1n) is 10.2. The van der Waals surface area contributed by atoms with E-state index in [-0.39, 0.29) is 23.6 Å². The standard InChI is InChI=1S/C22H24N6O2S/c1-28-20(15-10-12-23-13-11-15)26-27-22(28)31-14-19(29)25-18-9-5-4-8-17(18)21(30)24-16-6-2-3-7-16/h4-5,8-13,16H,2-3,6-7,14H2,1H3,(H,24,30)(H,25,29). The second-order valence-corrected chi connectivity index (χ2v) is 8.38. The van der Waals surface area contributed by atoms with Crippen LogP contribution in [0.15, 0.2) is 53.9 Å². The third-order valence-corrected chi connectivity index (χ3v) is 6.26. The van der Waals surface area contributed by atoms with Crippen LogP contribution in [0.25, 0.3) is 11.4 Å². The zero-order chi connectivity index (χ0) is 21.6. The topological polar surface area (TPSA) is 102 Å². The highest BCUT2D eigenvalue weighted by Gasteiger charge is 2.20. The van der Waals surface area contributed by atoms with Crippen LogP contribution in [0.3, 0.4) is 0 Å². The number of hydrogen-bond donors (Lipinski definition) is 2. The summed E-state index contributed by atoms with van der Waals surface area (Å²) in [4.78, 5) is 29.2. The predicted molar refractivity (Wildman–Crippen MR) is 120 cm³/mol. The van der Waals surface area contributed by atoms with Crippen molar-refractivity contribution in [1.82, 2.24) is 25.1 Å². The van der Waals surface area contributed by atoms with Crippen LogP contribution >= 0.6 is 11.8 Å². The Morgan fingerprint density at radius 1 is 1.10 bits per heavy atom. The van der Waals surface area contributed by atoms with Gasteiger partial charge in [-0.05, 0) is 37.1 Å². The van der Waals surface area contributed by atoms with Gasteiger partial charge in [0.1, 0.15) is 0 Å². The molecule has 1 aliphatic carbocycles. The fourth-order valence-electron chi connectivity index (χ4n) is 3.63. The monoisotopic (exact) mass is 436 g/mol. The first-order chi connectivity index (χ1) is 15.1. The highest BCUT2D eigenvalue weighted by molar-refractivity contribution is 7.99. The third-order valence-electron chi connectivity index (χ3n) is 5.24. The lowest BCUT2D eigenvalue weighted by atomic mass is 10.1. The van der Waals surface area contributed by atoms with Gasteiger partial charge in [0.05, 0.1) is 17.0 Å². The molecule has 1 saturated carbocycles. The van der Waals surface area contributed by atoms with Gasteiger partial charge in [-0.25, -0.2) is 0 Å². The number of aromatic nitrogens is 4. The van der Waals surface area contributed by atoms with Gasteiger partial charge in [-0.1, -0.05) is 36.7 Å². The molecule has 160 valence electrons. The predicted octanol–water partition coefficient (Wildman–Crippen LogP) is 3.28. The van der Waals surface area contributed by atoms with E-state index in [2.05, 4.69) is 25.8 Å². The number of carbonyl (C=O) groups is 2. The van der Waals surface area contributed by atoms with Crippen molar-refractivity contribution in [3.8, 4) is 11.4 Å². The summed E-state index contributed by atoms with van der Waals surface area (Å²) in [5, 5.41) is 15.0. The molecule has 3 aromatic rings. The summed E-state index contributed by atoms with van der Waals surface area (Å²) in [5.41, 5.74) is 1.90. The molecule has 4 rings (SSSR count). The van der Waals surface area contributed by atoms with Gasteiger partial charge in [0.2, 0.25) is 5.91 Å². The lowest BCUT2D eigenvalue weighted by Gasteiger charge is -2.15. The van der Waals surface area contributed by atoms with Crippen LogP contribution in [0.1, 0.15) is 36.0 Å². The van der Waals surface area contributed by atoms with Crippen molar-refractivity contribution in [3.05, 3.63) is 54.4 Å². The van der Waals surface area contributed by atoms with Crippen molar-refractivity contribution < 1.29 is 9.59 Å². The number of nitrogens with zero attached hydrogens (tertiary/aromatic N) is 4. The Morgan fingerprint density at radius 3 is 2.61 bits per heavy atom. The van der Waals surface area contributed by atoms with Gasteiger partial charge in [0.15, 0.2) is 11.0 Å². The molecule has 8 nitrogen and oxygen atoms in total. The van der Waals surface area contributed by atoms with Crippen molar-refractivity contribution in [2.45, 2.75) is 36.9 Å². The molecule has 31 heavy (non-hydrogen) atoms. The third kappa shape index (κ3) is 5.11. The van der Waals surface area contributed by atoms with Crippen molar-refractivity contribution in [2.24, 2.45) is 7.05 Å². The average Bonchev–Trinajstić information content (AvgIpc) is 3.43. The van der Waals surface area contributed by atoms with Crippen molar-refractivity contribution in [3.63, 3.8) is 0 Å². The van der Waals surface area contributed by atoms with Gasteiger partial charge in [-0.15, -0.1) is 10.2 Å². The van der Waals surface area contributed by atoms with E-state index < -0.39 is 0 Å². The number of carbonyl (C=O) groups excluding carboxylic acids is 2. The maximum absolute atomic E-state index is 12.7. The van der Waals surface area contributed by atoms with E-state index in [0.717, 1.165) is 31.2 Å². The first kappa shape index (κ1) is 21.0. The highest BCUT2D eigenvalue weighted by atomic mass is 32.2. The van der Waals surface area contributed by atoms with Crippen LogP contribution in [-0.4, -0.2) is 43.4 Å². The van der Waals surface area contributed by atoms with E-state index in [1.807, 2.05) is 23.7 Å². The maximum atomic E-state index is 12.7. The number of amides is 2. The lowest BCUT2D eigenvalue weighted by molar-refractivity contribution is -0.113. The summed E-state index contributed by atoms with van der Waals surface area (Å²) in [6.07, 6.45) is 7.71. The van der Waals surface area contributed by atoms with Gasteiger partial charge in [-0.2, -0.15) is 0 Å². The summed E-state index contributed by atoms with van der Waals surface area (Å²) >= 11 is 1.29. The summed E-state index contributed by atoms with van der Waals surface area (Å²) in [5.74, 6) is 0.505. The molecular formula is C22H24N6O2S. The van der Waals surface area contributed by atoms with Gasteiger partial charge in [0.25, 0.3) is 5.91 Å². The Balaban J connectivity index is 1.38. The van der Waals surface area contributed by atoms with Crippen molar-refractivity contribution in [1.29, 1.82) is 0 Å². The zero-order valence-electron chi connectivity index (χ0n) is 17.2. The Bertz CT molecular complexity index is 1060. The molecule has 9 heteroatoms. The molecule has 1 fully saturated rings. The minimum Gasteiger partial charge on any atom is -0.349 e. The Hall–Kier alpha value is -3.20. The smallest absolute Gasteiger partial charge is 0.253 e. The van der Waals surface area contributed by atoms with Crippen molar-refractivity contribution in [2.75, 3.05) is 11.1 Å². The normalized spacial score (nSPS) is 13.8. The molecule has 0 atom stereocenters. The van der Waals surface area contributed by atoms with Gasteiger partial charge in [0, 0.05) is 31.0 Å². The molecular weight excluding hydrogens is 412 g/mol. The first-order valence-corrected chi connectivity index (χ1v) is 11.2. The van der Waals surface area contributed by atoms with E-state index in [9.17, 15) is 9.59 Å². The van der Waals surface area contributed by atoms with Gasteiger partial charge >= 0.3 is 0 Å².